The molecule has 2 rings (SSSR count). The van der Waals surface area contributed by atoms with Crippen LogP contribution < -0.4 is 10.1 Å². The second kappa shape index (κ2) is 6.16. The lowest BCUT2D eigenvalue weighted by Crippen LogP contribution is -2.11. The largest absolute Gasteiger partial charge is 0.493 e. The van der Waals surface area contributed by atoms with Crippen molar-refractivity contribution in [1.29, 1.82) is 0 Å². The summed E-state index contributed by atoms with van der Waals surface area (Å²) in [6.45, 7) is 6.04. The van der Waals surface area contributed by atoms with Gasteiger partial charge in [-0.25, -0.2) is 0 Å². The molecule has 0 aliphatic heterocycles. The molecule has 5 heteroatoms. The van der Waals surface area contributed by atoms with Crippen molar-refractivity contribution in [3.05, 3.63) is 30.2 Å². The van der Waals surface area contributed by atoms with Crippen LogP contribution in [0.2, 0.25) is 0 Å². The van der Waals surface area contributed by atoms with Gasteiger partial charge < -0.3 is 14.6 Å². The zero-order valence-corrected chi connectivity index (χ0v) is 10.6. The summed E-state index contributed by atoms with van der Waals surface area (Å²) in [6, 6.07) is 7.68. The fourth-order valence-electron chi connectivity index (χ4n) is 1.60. The smallest absolute Gasteiger partial charge is 0.240 e. The van der Waals surface area contributed by atoms with Gasteiger partial charge in [0.2, 0.25) is 11.7 Å². The lowest BCUT2D eigenvalue weighted by Gasteiger charge is -2.05. The standard InChI is InChI=1S/C13H17N3O2/c1-3-14-9-12-15-13(16-18-12)10-7-5-6-8-11(10)17-4-2/h5-8,14H,3-4,9H2,1-2H3. The molecule has 0 bridgehead atoms. The molecule has 0 fully saturated rings. The number of nitrogens with one attached hydrogen (secondary N) is 1. The predicted molar refractivity (Wildman–Crippen MR) is 68.3 cm³/mol. The Hall–Kier alpha value is -1.88. The van der Waals surface area contributed by atoms with E-state index >= 15 is 0 Å². The summed E-state index contributed by atoms with van der Waals surface area (Å²) < 4.78 is 10.7. The first-order valence-electron chi connectivity index (χ1n) is 6.10. The van der Waals surface area contributed by atoms with E-state index in [2.05, 4.69) is 15.5 Å². The number of rotatable bonds is 6. The van der Waals surface area contributed by atoms with Crippen LogP contribution in [-0.2, 0) is 6.54 Å². The SMILES string of the molecule is CCNCc1nc(-c2ccccc2OCC)no1. The molecule has 0 radical (unpaired) electrons. The lowest BCUT2D eigenvalue weighted by molar-refractivity contribution is 0.340. The fraction of sp³-hybridized carbons (Fsp3) is 0.385. The van der Waals surface area contributed by atoms with Crippen LogP contribution in [0.1, 0.15) is 19.7 Å². The summed E-state index contributed by atoms with van der Waals surface area (Å²) in [5.74, 6) is 1.92. The Morgan fingerprint density at radius 3 is 2.89 bits per heavy atom. The van der Waals surface area contributed by atoms with Gasteiger partial charge in [-0.1, -0.05) is 24.2 Å². The van der Waals surface area contributed by atoms with Crippen molar-refractivity contribution in [1.82, 2.24) is 15.5 Å². The van der Waals surface area contributed by atoms with Gasteiger partial charge in [0, 0.05) is 0 Å². The van der Waals surface area contributed by atoms with Crippen LogP contribution in [0.5, 0.6) is 5.75 Å². The average molecular weight is 247 g/mol. The Bertz CT molecular complexity index is 496. The summed E-state index contributed by atoms with van der Waals surface area (Å²) in [5, 5.41) is 7.12. The second-order valence-corrected chi connectivity index (χ2v) is 3.72. The number of ether oxygens (including phenoxy) is 1. The van der Waals surface area contributed by atoms with Gasteiger partial charge >= 0.3 is 0 Å². The summed E-state index contributed by atoms with van der Waals surface area (Å²) in [4.78, 5) is 4.34. The van der Waals surface area contributed by atoms with Gasteiger partial charge in [0.1, 0.15) is 5.75 Å². The maximum absolute atomic E-state index is 5.54. The van der Waals surface area contributed by atoms with Crippen molar-refractivity contribution in [2.75, 3.05) is 13.2 Å². The van der Waals surface area contributed by atoms with Crippen LogP contribution in [0.25, 0.3) is 11.4 Å². The number of benzene rings is 1. The quantitative estimate of drug-likeness (QED) is 0.848. The molecular formula is C13H17N3O2. The van der Waals surface area contributed by atoms with Crippen molar-refractivity contribution >= 4 is 0 Å². The van der Waals surface area contributed by atoms with E-state index < -0.39 is 0 Å². The number of hydrogen-bond acceptors (Lipinski definition) is 5. The molecule has 1 aromatic heterocycles. The molecule has 1 heterocycles. The Morgan fingerprint density at radius 2 is 2.11 bits per heavy atom. The third-order valence-electron chi connectivity index (χ3n) is 2.42. The van der Waals surface area contributed by atoms with Crippen LogP contribution in [0, 0.1) is 0 Å². The molecule has 0 saturated carbocycles. The first-order chi connectivity index (χ1) is 8.85. The summed E-state index contributed by atoms with van der Waals surface area (Å²) >= 11 is 0. The van der Waals surface area contributed by atoms with Gasteiger partial charge in [-0.05, 0) is 25.6 Å². The number of nitrogens with zero attached hydrogens (tertiary/aromatic N) is 2. The second-order valence-electron chi connectivity index (χ2n) is 3.72. The van der Waals surface area contributed by atoms with Crippen molar-refractivity contribution in [3.8, 4) is 17.1 Å². The van der Waals surface area contributed by atoms with E-state index in [1.807, 2.05) is 38.1 Å². The Labute approximate surface area is 106 Å². The van der Waals surface area contributed by atoms with E-state index in [0.717, 1.165) is 17.9 Å². The molecule has 18 heavy (non-hydrogen) atoms. The molecule has 0 atom stereocenters. The van der Waals surface area contributed by atoms with Crippen LogP contribution in [-0.4, -0.2) is 23.3 Å². The Balaban J connectivity index is 2.22. The molecule has 1 aromatic carbocycles. The topological polar surface area (TPSA) is 60.2 Å². The molecule has 0 unspecified atom stereocenters. The maximum atomic E-state index is 5.54. The van der Waals surface area contributed by atoms with E-state index in [9.17, 15) is 0 Å². The molecule has 0 aliphatic rings. The van der Waals surface area contributed by atoms with Gasteiger partial charge in [0.15, 0.2) is 0 Å². The Morgan fingerprint density at radius 1 is 1.28 bits per heavy atom. The maximum Gasteiger partial charge on any atom is 0.240 e. The lowest BCUT2D eigenvalue weighted by atomic mass is 10.2. The predicted octanol–water partition coefficient (Wildman–Crippen LogP) is 2.24. The minimum atomic E-state index is 0.562. The Kier molecular flexibility index (Phi) is 4.30. The first-order valence-corrected chi connectivity index (χ1v) is 6.10. The van der Waals surface area contributed by atoms with Crippen molar-refractivity contribution < 1.29 is 9.26 Å². The molecule has 96 valence electrons. The number of aromatic nitrogens is 2. The highest BCUT2D eigenvalue weighted by molar-refractivity contribution is 5.63. The van der Waals surface area contributed by atoms with Crippen molar-refractivity contribution in [2.24, 2.45) is 0 Å². The van der Waals surface area contributed by atoms with E-state index in [0.29, 0.717) is 24.9 Å². The summed E-state index contributed by atoms with van der Waals surface area (Å²) in [5.41, 5.74) is 0.853. The third-order valence-corrected chi connectivity index (χ3v) is 2.42. The van der Waals surface area contributed by atoms with Crippen LogP contribution in [0.15, 0.2) is 28.8 Å². The molecule has 0 spiro atoms. The first kappa shape index (κ1) is 12.6. The molecule has 2 aromatic rings. The van der Waals surface area contributed by atoms with Crippen molar-refractivity contribution in [3.63, 3.8) is 0 Å². The zero-order valence-electron chi connectivity index (χ0n) is 10.6. The molecule has 0 aliphatic carbocycles. The van der Waals surface area contributed by atoms with Gasteiger partial charge in [-0.2, -0.15) is 4.98 Å². The summed E-state index contributed by atoms with van der Waals surface area (Å²) in [6.07, 6.45) is 0. The van der Waals surface area contributed by atoms with E-state index in [1.165, 1.54) is 0 Å². The third kappa shape index (κ3) is 2.87. The van der Waals surface area contributed by atoms with Crippen LogP contribution in [0.3, 0.4) is 0 Å². The van der Waals surface area contributed by atoms with E-state index in [4.69, 9.17) is 9.26 Å². The normalized spacial score (nSPS) is 10.6. The highest BCUT2D eigenvalue weighted by Gasteiger charge is 2.12. The van der Waals surface area contributed by atoms with E-state index in [1.54, 1.807) is 0 Å². The highest BCUT2D eigenvalue weighted by atomic mass is 16.5. The van der Waals surface area contributed by atoms with E-state index in [-0.39, 0.29) is 0 Å². The fourth-order valence-corrected chi connectivity index (χ4v) is 1.60. The highest BCUT2D eigenvalue weighted by Crippen LogP contribution is 2.27. The van der Waals surface area contributed by atoms with Crippen molar-refractivity contribution in [2.45, 2.75) is 20.4 Å². The molecule has 0 amide bonds. The minimum Gasteiger partial charge on any atom is -0.493 e. The van der Waals surface area contributed by atoms with Gasteiger partial charge in [0.25, 0.3) is 0 Å². The number of hydrogen-bond donors (Lipinski definition) is 1. The van der Waals surface area contributed by atoms with Gasteiger partial charge in [-0.15, -0.1) is 0 Å². The molecule has 5 nitrogen and oxygen atoms in total. The minimum absolute atomic E-state index is 0.562. The average Bonchev–Trinajstić information content (AvgIpc) is 2.86. The van der Waals surface area contributed by atoms with Gasteiger partial charge in [0.05, 0.1) is 18.7 Å². The molecule has 1 N–H and O–H groups in total. The monoisotopic (exact) mass is 247 g/mol. The van der Waals surface area contributed by atoms with Crippen LogP contribution >= 0.6 is 0 Å². The van der Waals surface area contributed by atoms with Gasteiger partial charge in [-0.3, -0.25) is 0 Å². The molecule has 0 saturated heterocycles. The summed E-state index contributed by atoms with van der Waals surface area (Å²) in [7, 11) is 0. The molecular weight excluding hydrogens is 230 g/mol. The zero-order chi connectivity index (χ0) is 12.8. The number of para-hydroxylation sites is 1. The van der Waals surface area contributed by atoms with Crippen LogP contribution in [0.4, 0.5) is 0 Å².